The van der Waals surface area contributed by atoms with Crippen molar-refractivity contribution < 1.29 is 0 Å². The van der Waals surface area contributed by atoms with Gasteiger partial charge in [0, 0.05) is 68.4 Å². The molecule has 0 radical (unpaired) electrons. The van der Waals surface area contributed by atoms with Gasteiger partial charge in [-0.25, -0.2) is 0 Å². The molecule has 7 rings (SSSR count). The highest BCUT2D eigenvalue weighted by molar-refractivity contribution is 9.11. The average molecular weight is 709 g/mol. The number of nitrogens with one attached hydrogen (secondary N) is 2. The predicted octanol–water partition coefficient (Wildman–Crippen LogP) is 10.8. The standard InChI is InChI=1S/C38H36Br2N4/c1-21-7-11-23(12-8-21)27-16-25-15-26-19-37(3,4)31(42-26)18-29-33(24-13-9-22(2)10-14-24)35(40)36(44-29)34(39)30-20-38(5,6)32(43-30)17-28(27)41-25/h7-18,41,44H,19-20H2,1-6H3. The van der Waals surface area contributed by atoms with E-state index in [0.717, 1.165) is 77.8 Å². The van der Waals surface area contributed by atoms with Gasteiger partial charge in [0.25, 0.3) is 0 Å². The van der Waals surface area contributed by atoms with Crippen LogP contribution in [0.15, 0.2) is 81.7 Å². The summed E-state index contributed by atoms with van der Waals surface area (Å²) in [7, 11) is 0. The number of hydrogen-bond donors (Lipinski definition) is 2. The summed E-state index contributed by atoms with van der Waals surface area (Å²) < 4.78 is 1.99. The summed E-state index contributed by atoms with van der Waals surface area (Å²) in [5, 5.41) is 0. The maximum Gasteiger partial charge on any atom is 0.0699 e. The van der Waals surface area contributed by atoms with Gasteiger partial charge in [-0.2, -0.15) is 0 Å². The molecule has 0 amide bonds. The van der Waals surface area contributed by atoms with Crippen molar-refractivity contribution in [1.29, 1.82) is 0 Å². The molecule has 0 aliphatic carbocycles. The molecule has 222 valence electrons. The lowest BCUT2D eigenvalue weighted by atomic mass is 9.86. The molecule has 5 heterocycles. The van der Waals surface area contributed by atoms with Crippen LogP contribution in [0.3, 0.4) is 0 Å². The van der Waals surface area contributed by atoms with Crippen LogP contribution in [0.1, 0.15) is 61.6 Å². The summed E-state index contributed by atoms with van der Waals surface area (Å²) in [6, 6.07) is 26.4. The van der Waals surface area contributed by atoms with E-state index >= 15 is 0 Å². The van der Waals surface area contributed by atoms with Gasteiger partial charge in [-0.15, -0.1) is 0 Å². The van der Waals surface area contributed by atoms with E-state index in [-0.39, 0.29) is 10.8 Å². The van der Waals surface area contributed by atoms with E-state index in [0.29, 0.717) is 0 Å². The Morgan fingerprint density at radius 3 is 1.91 bits per heavy atom. The summed E-state index contributed by atoms with van der Waals surface area (Å²) in [6.07, 6.45) is 1.68. The average Bonchev–Trinajstić information content (AvgIpc) is 3.67. The Balaban J connectivity index is 1.60. The number of halogens is 2. The maximum absolute atomic E-state index is 5.27. The molecule has 44 heavy (non-hydrogen) atoms. The third-order valence-electron chi connectivity index (χ3n) is 9.04. The van der Waals surface area contributed by atoms with Crippen molar-refractivity contribution in [2.75, 3.05) is 0 Å². The Bertz CT molecular complexity index is 2100. The number of aryl methyl sites for hydroxylation is 2. The molecule has 2 aliphatic rings. The Kier molecular flexibility index (Phi) is 7.02. The number of benzene rings is 2. The van der Waals surface area contributed by atoms with Crippen LogP contribution in [-0.2, 0) is 23.7 Å². The van der Waals surface area contributed by atoms with Crippen LogP contribution < -0.4 is 0 Å². The lowest BCUT2D eigenvalue weighted by Crippen LogP contribution is -2.15. The maximum atomic E-state index is 5.27. The van der Waals surface area contributed by atoms with Gasteiger partial charge >= 0.3 is 0 Å². The number of H-pyrrole nitrogens is 2. The van der Waals surface area contributed by atoms with Gasteiger partial charge in [-0.3, -0.25) is 9.97 Å². The lowest BCUT2D eigenvalue weighted by molar-refractivity contribution is 0.543. The topological polar surface area (TPSA) is 57.4 Å². The van der Waals surface area contributed by atoms with Crippen LogP contribution in [0.2, 0.25) is 0 Å². The molecule has 0 saturated heterocycles. The molecule has 3 aromatic heterocycles. The number of nitrogens with zero attached hydrogens (tertiary/aromatic N) is 2. The number of hydrogen-bond acceptors (Lipinski definition) is 2. The van der Waals surface area contributed by atoms with Crippen molar-refractivity contribution in [1.82, 2.24) is 19.9 Å². The zero-order chi connectivity index (χ0) is 31.0. The third-order valence-corrected chi connectivity index (χ3v) is 10.7. The highest BCUT2D eigenvalue weighted by atomic mass is 79.9. The molecule has 2 aliphatic heterocycles. The van der Waals surface area contributed by atoms with Crippen LogP contribution in [0.5, 0.6) is 0 Å². The summed E-state index contributed by atoms with van der Waals surface area (Å²) in [5.74, 6) is 0. The molecule has 6 heteroatoms. The van der Waals surface area contributed by atoms with Crippen molar-refractivity contribution >= 4 is 53.9 Å². The molecule has 0 saturated carbocycles. The number of rotatable bonds is 2. The minimum atomic E-state index is -0.140. The normalized spacial score (nSPS) is 15.5. The summed E-state index contributed by atoms with van der Waals surface area (Å²) in [5.41, 5.74) is 15.2. The monoisotopic (exact) mass is 706 g/mol. The zero-order valence-electron chi connectivity index (χ0n) is 26.0. The molecule has 8 bridgehead atoms. The molecule has 5 aromatic rings. The molecule has 4 nitrogen and oxygen atoms in total. The highest BCUT2D eigenvalue weighted by Gasteiger charge is 2.32. The molecular weight excluding hydrogens is 672 g/mol. The van der Waals surface area contributed by atoms with E-state index in [1.165, 1.54) is 22.3 Å². The molecule has 2 aromatic carbocycles. The molecule has 0 atom stereocenters. The van der Waals surface area contributed by atoms with Crippen LogP contribution in [-0.4, -0.2) is 19.9 Å². The van der Waals surface area contributed by atoms with Crippen LogP contribution in [0, 0.1) is 13.8 Å². The molecule has 0 fully saturated rings. The van der Waals surface area contributed by atoms with E-state index < -0.39 is 0 Å². The van der Waals surface area contributed by atoms with Crippen molar-refractivity contribution in [2.24, 2.45) is 0 Å². The summed E-state index contributed by atoms with van der Waals surface area (Å²) in [4.78, 5) is 18.0. The van der Waals surface area contributed by atoms with Gasteiger partial charge < -0.3 is 9.97 Å². The van der Waals surface area contributed by atoms with Crippen LogP contribution in [0.25, 0.3) is 44.3 Å². The van der Waals surface area contributed by atoms with Gasteiger partial charge in [-0.05, 0) is 81.1 Å². The molecule has 2 N–H and O–H groups in total. The smallest absolute Gasteiger partial charge is 0.0699 e. The van der Waals surface area contributed by atoms with E-state index in [4.69, 9.17) is 9.97 Å². The lowest BCUT2D eigenvalue weighted by Gasteiger charge is -2.16. The number of fused-ring (bicyclic) bond motifs is 8. The highest BCUT2D eigenvalue weighted by Crippen LogP contribution is 2.43. The fraction of sp³-hybridized carbons (Fsp3) is 0.263. The van der Waals surface area contributed by atoms with Gasteiger partial charge in [0.15, 0.2) is 0 Å². The predicted molar refractivity (Wildman–Crippen MR) is 190 cm³/mol. The zero-order valence-corrected chi connectivity index (χ0v) is 29.2. The Labute approximate surface area is 275 Å². The molecule has 0 unspecified atom stereocenters. The Morgan fingerprint density at radius 2 is 1.23 bits per heavy atom. The van der Waals surface area contributed by atoms with E-state index in [1.807, 2.05) is 0 Å². The number of aromatic amines is 2. The second kappa shape index (κ2) is 10.6. The minimum absolute atomic E-state index is 0.118. The molecule has 0 spiro atoms. The van der Waals surface area contributed by atoms with Gasteiger partial charge in [0.05, 0.1) is 20.2 Å². The first-order chi connectivity index (χ1) is 20.9. The molecular formula is C38H36Br2N4. The Hall–Kier alpha value is -3.48. The fourth-order valence-corrected chi connectivity index (χ4v) is 7.94. The largest absolute Gasteiger partial charge is 0.355 e. The van der Waals surface area contributed by atoms with Crippen molar-refractivity contribution in [3.05, 3.63) is 116 Å². The van der Waals surface area contributed by atoms with Gasteiger partial charge in [-0.1, -0.05) is 87.4 Å². The van der Waals surface area contributed by atoms with E-state index in [1.54, 1.807) is 0 Å². The number of aromatic nitrogens is 4. The summed E-state index contributed by atoms with van der Waals surface area (Å²) in [6.45, 7) is 13.4. The van der Waals surface area contributed by atoms with E-state index in [9.17, 15) is 0 Å². The fourth-order valence-electron chi connectivity index (χ4n) is 6.41. The first-order valence-electron chi connectivity index (χ1n) is 15.1. The van der Waals surface area contributed by atoms with Crippen LogP contribution >= 0.6 is 31.9 Å². The second-order valence-corrected chi connectivity index (χ2v) is 15.3. The minimum Gasteiger partial charge on any atom is -0.355 e. The summed E-state index contributed by atoms with van der Waals surface area (Å²) >= 11 is 8.01. The third kappa shape index (κ3) is 5.16. The van der Waals surface area contributed by atoms with Crippen LogP contribution in [0.4, 0.5) is 0 Å². The first-order valence-corrected chi connectivity index (χ1v) is 16.7. The van der Waals surface area contributed by atoms with Crippen molar-refractivity contribution in [3.63, 3.8) is 0 Å². The Morgan fingerprint density at radius 1 is 0.636 bits per heavy atom. The quantitative estimate of drug-likeness (QED) is 0.192. The second-order valence-electron chi connectivity index (χ2n) is 13.7. The van der Waals surface area contributed by atoms with Gasteiger partial charge in [0.2, 0.25) is 0 Å². The van der Waals surface area contributed by atoms with Crippen molar-refractivity contribution in [2.45, 2.75) is 65.2 Å². The first kappa shape index (κ1) is 29.2. The van der Waals surface area contributed by atoms with E-state index in [2.05, 4.69) is 156 Å². The van der Waals surface area contributed by atoms with Crippen molar-refractivity contribution in [3.8, 4) is 22.3 Å². The SMILES string of the molecule is Cc1ccc(-c2cc3cc4nc(cc5[nH]c(c(Br)c6nc(cc2[nH]3)C(C)(C)C6)c(Br)c5-c2ccc(C)cc2)C(C)(C)C4)cc1. The van der Waals surface area contributed by atoms with Gasteiger partial charge in [0.1, 0.15) is 0 Å².